The van der Waals surface area contributed by atoms with Gasteiger partial charge in [0.05, 0.1) is 0 Å². The Balaban J connectivity index is 3.72. The van der Waals surface area contributed by atoms with Gasteiger partial charge in [-0.15, -0.1) is 5.54 Å². The van der Waals surface area contributed by atoms with Gasteiger partial charge in [-0.3, -0.25) is 0 Å². The number of hydrogen-bond donors (Lipinski definition) is 0. The van der Waals surface area contributed by atoms with E-state index in [9.17, 15) is 0 Å². The summed E-state index contributed by atoms with van der Waals surface area (Å²) in [6, 6.07) is 0. The summed E-state index contributed by atoms with van der Waals surface area (Å²) in [5.41, 5.74) is 3.28. The van der Waals surface area contributed by atoms with E-state index in [-0.39, 0.29) is 0 Å². The zero-order valence-corrected chi connectivity index (χ0v) is 10.6. The van der Waals surface area contributed by atoms with Gasteiger partial charge in [0.1, 0.15) is 8.07 Å². The first-order chi connectivity index (χ1) is 5.06. The van der Waals surface area contributed by atoms with Gasteiger partial charge >= 0.3 is 0 Å². The maximum Gasteiger partial charge on any atom is 0.129 e. The van der Waals surface area contributed by atoms with Crippen molar-refractivity contribution in [2.24, 2.45) is 0 Å². The average Bonchev–Trinajstić information content (AvgIpc) is 1.85. The van der Waals surface area contributed by atoms with E-state index in [1.807, 2.05) is 6.08 Å². The number of allylic oxidation sites excluding steroid dienone is 2. The summed E-state index contributed by atoms with van der Waals surface area (Å²) < 4.78 is 1.18. The molecule has 0 fully saturated rings. The fourth-order valence-electron chi connectivity index (χ4n) is 0.463. The van der Waals surface area contributed by atoms with Crippen molar-refractivity contribution in [1.82, 2.24) is 0 Å². The topological polar surface area (TPSA) is 0 Å². The van der Waals surface area contributed by atoms with Crippen LogP contribution >= 0.6 is 22.6 Å². The molecule has 0 heterocycles. The van der Waals surface area contributed by atoms with Gasteiger partial charge < -0.3 is 0 Å². The van der Waals surface area contributed by atoms with Crippen molar-refractivity contribution in [2.45, 2.75) is 26.1 Å². The van der Waals surface area contributed by atoms with Crippen molar-refractivity contribution in [1.29, 1.82) is 0 Å². The van der Waals surface area contributed by atoms with Gasteiger partial charge in [0.15, 0.2) is 0 Å². The van der Waals surface area contributed by atoms with Crippen LogP contribution in [-0.4, -0.2) is 12.5 Å². The van der Waals surface area contributed by atoms with Crippen LogP contribution in [0, 0.1) is 11.5 Å². The lowest BCUT2D eigenvalue weighted by Crippen LogP contribution is -2.16. The van der Waals surface area contributed by atoms with E-state index in [0.717, 1.165) is 6.42 Å². The lowest BCUT2D eigenvalue weighted by molar-refractivity contribution is 1.28. The minimum absolute atomic E-state index is 1.13. The summed E-state index contributed by atoms with van der Waals surface area (Å²) in [6.07, 6.45) is 5.26. The Labute approximate surface area is 84.6 Å². The molecule has 0 nitrogen and oxygen atoms in total. The van der Waals surface area contributed by atoms with Gasteiger partial charge in [0.2, 0.25) is 0 Å². The Morgan fingerprint density at radius 2 is 2.00 bits per heavy atom. The first-order valence-electron chi connectivity index (χ1n) is 3.80. The number of hydrogen-bond acceptors (Lipinski definition) is 0. The van der Waals surface area contributed by atoms with Crippen LogP contribution in [0.3, 0.4) is 0 Å². The Morgan fingerprint density at radius 3 is 2.45 bits per heavy atom. The SMILES string of the molecule is C[Si](C)(C)C#C/C=C/CCI. The molecular formula is C9H15ISi. The van der Waals surface area contributed by atoms with Gasteiger partial charge in [-0.1, -0.05) is 54.2 Å². The molecule has 62 valence electrons. The molecule has 0 atom stereocenters. The van der Waals surface area contributed by atoms with E-state index in [2.05, 4.69) is 59.8 Å². The van der Waals surface area contributed by atoms with Gasteiger partial charge in [-0.2, -0.15) is 0 Å². The molecule has 0 aromatic heterocycles. The molecule has 0 saturated carbocycles. The molecule has 0 bridgehead atoms. The molecule has 0 aromatic rings. The second-order valence-corrected chi connectivity index (χ2v) is 9.23. The van der Waals surface area contributed by atoms with Gasteiger partial charge in [-0.25, -0.2) is 0 Å². The molecule has 0 amide bonds. The highest BCUT2D eigenvalue weighted by Crippen LogP contribution is 1.96. The molecule has 11 heavy (non-hydrogen) atoms. The summed E-state index contributed by atoms with van der Waals surface area (Å²) in [5, 5.41) is 0. The predicted octanol–water partition coefficient (Wildman–Crippen LogP) is 3.25. The molecule has 0 aliphatic carbocycles. The third-order valence-corrected chi connectivity index (χ3v) is 2.44. The monoisotopic (exact) mass is 278 g/mol. The van der Waals surface area contributed by atoms with Gasteiger partial charge in [0, 0.05) is 4.43 Å². The average molecular weight is 278 g/mol. The molecule has 2 heteroatoms. The summed E-state index contributed by atoms with van der Waals surface area (Å²) in [7, 11) is -1.13. The van der Waals surface area contributed by atoms with E-state index in [1.54, 1.807) is 0 Å². The molecule has 0 aromatic carbocycles. The van der Waals surface area contributed by atoms with Crippen LogP contribution in [0.25, 0.3) is 0 Å². The fourth-order valence-corrected chi connectivity index (χ4v) is 1.34. The quantitative estimate of drug-likeness (QED) is 0.315. The first kappa shape index (κ1) is 11.2. The highest BCUT2D eigenvalue weighted by Gasteiger charge is 2.06. The Bertz CT molecular complexity index is 178. The molecule has 0 rings (SSSR count). The minimum atomic E-state index is -1.13. The van der Waals surface area contributed by atoms with Crippen LogP contribution < -0.4 is 0 Å². The largest absolute Gasteiger partial charge is 0.129 e. The van der Waals surface area contributed by atoms with Crippen LogP contribution in [0.2, 0.25) is 19.6 Å². The van der Waals surface area contributed by atoms with E-state index in [1.165, 1.54) is 4.43 Å². The Kier molecular flexibility index (Phi) is 5.97. The lowest BCUT2D eigenvalue weighted by atomic mass is 10.4. The highest BCUT2D eigenvalue weighted by molar-refractivity contribution is 14.1. The third-order valence-electron chi connectivity index (χ3n) is 0.924. The van der Waals surface area contributed by atoms with E-state index < -0.39 is 8.07 Å². The zero-order valence-electron chi connectivity index (χ0n) is 7.45. The van der Waals surface area contributed by atoms with Gasteiger partial charge in [-0.05, 0) is 12.5 Å². The molecular weight excluding hydrogens is 263 g/mol. The van der Waals surface area contributed by atoms with Crippen molar-refractivity contribution in [3.63, 3.8) is 0 Å². The van der Waals surface area contributed by atoms with E-state index in [0.29, 0.717) is 0 Å². The molecule has 0 saturated heterocycles. The first-order valence-corrected chi connectivity index (χ1v) is 8.82. The van der Waals surface area contributed by atoms with Crippen LogP contribution in [0.15, 0.2) is 12.2 Å². The Hall–Kier alpha value is 0.247. The summed E-state index contributed by atoms with van der Waals surface area (Å²) in [4.78, 5) is 0. The maximum absolute atomic E-state index is 3.28. The molecule has 0 spiro atoms. The zero-order chi connectivity index (χ0) is 8.74. The van der Waals surface area contributed by atoms with Crippen molar-refractivity contribution >= 4 is 30.7 Å². The molecule has 0 aliphatic rings. The summed E-state index contributed by atoms with van der Waals surface area (Å²) in [6.45, 7) is 6.77. The molecule has 0 radical (unpaired) electrons. The number of rotatable bonds is 2. The molecule has 0 unspecified atom stereocenters. The Morgan fingerprint density at radius 1 is 1.36 bits per heavy atom. The van der Waals surface area contributed by atoms with Crippen molar-refractivity contribution in [3.8, 4) is 11.5 Å². The van der Waals surface area contributed by atoms with Crippen LogP contribution in [-0.2, 0) is 0 Å². The van der Waals surface area contributed by atoms with Crippen LogP contribution in [0.5, 0.6) is 0 Å². The fraction of sp³-hybridized carbons (Fsp3) is 0.556. The third kappa shape index (κ3) is 10.2. The van der Waals surface area contributed by atoms with Crippen LogP contribution in [0.4, 0.5) is 0 Å². The summed E-state index contributed by atoms with van der Waals surface area (Å²) >= 11 is 2.36. The highest BCUT2D eigenvalue weighted by atomic mass is 127. The normalized spacial score (nSPS) is 11.3. The molecule has 0 N–H and O–H groups in total. The standard InChI is InChI=1S/C9H15ISi/c1-11(2,3)9-7-5-4-6-8-10/h4-5H,6,8H2,1-3H3/b5-4+. The summed E-state index contributed by atoms with van der Waals surface area (Å²) in [5.74, 6) is 3.09. The number of alkyl halides is 1. The second kappa shape index (κ2) is 5.84. The predicted molar refractivity (Wildman–Crippen MR) is 63.8 cm³/mol. The van der Waals surface area contributed by atoms with Crippen LogP contribution in [0.1, 0.15) is 6.42 Å². The smallest absolute Gasteiger partial charge is 0.127 e. The van der Waals surface area contributed by atoms with Gasteiger partial charge in [0.25, 0.3) is 0 Å². The minimum Gasteiger partial charge on any atom is -0.127 e. The molecule has 0 aliphatic heterocycles. The van der Waals surface area contributed by atoms with E-state index in [4.69, 9.17) is 0 Å². The lowest BCUT2D eigenvalue weighted by Gasteiger charge is -2.01. The van der Waals surface area contributed by atoms with Crippen molar-refractivity contribution in [2.75, 3.05) is 4.43 Å². The van der Waals surface area contributed by atoms with Crippen molar-refractivity contribution in [3.05, 3.63) is 12.2 Å². The van der Waals surface area contributed by atoms with Crippen molar-refractivity contribution < 1.29 is 0 Å². The second-order valence-electron chi connectivity index (χ2n) is 3.40. The maximum atomic E-state index is 3.28. The van der Waals surface area contributed by atoms with E-state index >= 15 is 0 Å². The number of halogens is 1.